The molecule has 0 amide bonds. The van der Waals surface area contributed by atoms with E-state index < -0.39 is 11.9 Å². The van der Waals surface area contributed by atoms with E-state index in [1.54, 1.807) is 24.3 Å². The van der Waals surface area contributed by atoms with Crippen LogP contribution in [0.2, 0.25) is 0 Å². The summed E-state index contributed by atoms with van der Waals surface area (Å²) < 4.78 is 0. The molecule has 1 aliphatic carbocycles. The predicted octanol–water partition coefficient (Wildman–Crippen LogP) is -5.78. The Hall–Kier alpha value is -0.1000. The zero-order valence-electron chi connectivity index (χ0n) is 13.1. The number of benzene rings is 1. The van der Waals surface area contributed by atoms with Crippen LogP contribution in [-0.4, -0.2) is 11.9 Å². The molecule has 1 aliphatic rings. The van der Waals surface area contributed by atoms with Crippen LogP contribution in [0.3, 0.4) is 0 Å². The van der Waals surface area contributed by atoms with Gasteiger partial charge in [0.05, 0.1) is 11.9 Å². The van der Waals surface area contributed by atoms with Gasteiger partial charge in [-0.2, -0.15) is 0 Å². The maximum absolute atomic E-state index is 11.4. The molecule has 0 saturated heterocycles. The van der Waals surface area contributed by atoms with E-state index in [9.17, 15) is 19.8 Å². The molecule has 4 nitrogen and oxygen atoms in total. The third-order valence-corrected chi connectivity index (χ3v) is 3.78. The summed E-state index contributed by atoms with van der Waals surface area (Å²) in [5, 5.41) is 22.7. The largest absolute Gasteiger partial charge is 1.00 e. The Kier molecular flexibility index (Phi) is 10.6. The first-order valence-electron chi connectivity index (χ1n) is 6.79. The second-order valence-electron chi connectivity index (χ2n) is 5.11. The Balaban J connectivity index is 0.00000220. The summed E-state index contributed by atoms with van der Waals surface area (Å²) in [7, 11) is 0. The number of carboxylic acids is 2. The molecule has 0 spiro atoms. The van der Waals surface area contributed by atoms with Crippen molar-refractivity contribution in [3.05, 3.63) is 47.0 Å². The Morgan fingerprint density at radius 2 is 1.50 bits per heavy atom. The van der Waals surface area contributed by atoms with Gasteiger partial charge in [0.1, 0.15) is 0 Å². The molecule has 6 heteroatoms. The van der Waals surface area contributed by atoms with Gasteiger partial charge in [-0.15, -0.1) is 0 Å². The molecular weight excluding hydrogens is 302 g/mol. The van der Waals surface area contributed by atoms with E-state index in [2.05, 4.69) is 0 Å². The van der Waals surface area contributed by atoms with Crippen molar-refractivity contribution in [2.24, 2.45) is 5.92 Å². The summed E-state index contributed by atoms with van der Waals surface area (Å²) in [6, 6.07) is 8.94. The van der Waals surface area contributed by atoms with Gasteiger partial charge in [-0.25, -0.2) is 0 Å². The molecule has 0 N–H and O–H groups in total. The fourth-order valence-corrected chi connectivity index (χ4v) is 2.83. The Labute approximate surface area is 174 Å². The minimum atomic E-state index is -1.42. The van der Waals surface area contributed by atoms with Crippen molar-refractivity contribution in [2.75, 3.05) is 0 Å². The molecule has 0 heterocycles. The number of hydrogen-bond acceptors (Lipinski definition) is 4. The number of hydrogen-bond donors (Lipinski definition) is 0. The first-order chi connectivity index (χ1) is 9.59. The zero-order valence-corrected chi connectivity index (χ0v) is 17.1. The monoisotopic (exact) mass is 318 g/mol. The number of rotatable bonds is 5. The molecule has 1 saturated carbocycles. The van der Waals surface area contributed by atoms with E-state index in [1.165, 1.54) is 0 Å². The summed E-state index contributed by atoms with van der Waals surface area (Å²) in [5.41, 5.74) is 0.526. The normalized spacial score (nSPS) is 15.3. The van der Waals surface area contributed by atoms with Crippen molar-refractivity contribution in [2.45, 2.75) is 32.1 Å². The Bertz CT molecular complexity index is 534. The first kappa shape index (κ1) is 21.9. The molecule has 0 aromatic heterocycles. The summed E-state index contributed by atoms with van der Waals surface area (Å²) in [6.45, 7) is 0. The van der Waals surface area contributed by atoms with Crippen molar-refractivity contribution in [3.8, 4) is 0 Å². The molecule has 1 aromatic carbocycles. The topological polar surface area (TPSA) is 80.3 Å². The van der Waals surface area contributed by atoms with Crippen LogP contribution in [0.4, 0.5) is 0 Å². The standard InChI is InChI=1S/C16H18O4.2Na/c17-15(18)13(10-11-6-2-1-3-7-11)14(16(19)20)12-8-4-5-9-12;;/h1-3,6-7,12H,4-5,8-10H2,(H,17,18)(H,19,20);;/q;2*+1/p-2/b14-13-;;. The molecule has 0 unspecified atom stereocenters. The summed E-state index contributed by atoms with van der Waals surface area (Å²) in [5.74, 6) is -3.02. The third kappa shape index (κ3) is 5.84. The second kappa shape index (κ2) is 10.6. The molecular formula is C16H16Na2O4. The van der Waals surface area contributed by atoms with Crippen molar-refractivity contribution in [1.82, 2.24) is 0 Å². The maximum atomic E-state index is 11.4. The summed E-state index contributed by atoms with van der Waals surface area (Å²) in [4.78, 5) is 22.7. The van der Waals surface area contributed by atoms with E-state index in [1.807, 2.05) is 6.07 Å². The molecule has 1 fully saturated rings. The van der Waals surface area contributed by atoms with Gasteiger partial charge in [-0.1, -0.05) is 43.2 Å². The number of carboxylic acid groups (broad SMARTS) is 2. The van der Waals surface area contributed by atoms with Gasteiger partial charge in [0.15, 0.2) is 0 Å². The van der Waals surface area contributed by atoms with E-state index in [-0.39, 0.29) is 82.6 Å². The average molecular weight is 318 g/mol. The smallest absolute Gasteiger partial charge is 0.545 e. The molecule has 2 rings (SSSR count). The number of carbonyl (C=O) groups is 2. The number of aliphatic carboxylic acids is 2. The fourth-order valence-electron chi connectivity index (χ4n) is 2.83. The average Bonchev–Trinajstić information content (AvgIpc) is 2.92. The van der Waals surface area contributed by atoms with E-state index in [4.69, 9.17) is 0 Å². The molecule has 22 heavy (non-hydrogen) atoms. The van der Waals surface area contributed by atoms with Crippen LogP contribution >= 0.6 is 0 Å². The van der Waals surface area contributed by atoms with Crippen molar-refractivity contribution < 1.29 is 78.9 Å². The summed E-state index contributed by atoms with van der Waals surface area (Å²) in [6.07, 6.45) is 3.31. The quantitative estimate of drug-likeness (QED) is 0.400. The predicted molar refractivity (Wildman–Crippen MR) is 69.1 cm³/mol. The van der Waals surface area contributed by atoms with Crippen molar-refractivity contribution in [1.29, 1.82) is 0 Å². The van der Waals surface area contributed by atoms with Crippen LogP contribution in [0.15, 0.2) is 41.5 Å². The van der Waals surface area contributed by atoms with Gasteiger partial charge in [0.2, 0.25) is 0 Å². The maximum Gasteiger partial charge on any atom is 1.00 e. The van der Waals surface area contributed by atoms with E-state index >= 15 is 0 Å². The summed E-state index contributed by atoms with van der Waals surface area (Å²) >= 11 is 0. The minimum absolute atomic E-state index is 0. The SMILES string of the molecule is O=C([O-])/C(Cc1ccccc1)=C(\C(=O)[O-])C1CCCC1.[Na+].[Na+]. The third-order valence-electron chi connectivity index (χ3n) is 3.78. The molecule has 0 atom stereocenters. The first-order valence-corrected chi connectivity index (χ1v) is 6.79. The fraction of sp³-hybridized carbons (Fsp3) is 0.375. The van der Waals surface area contributed by atoms with E-state index in [0.29, 0.717) is 12.8 Å². The zero-order chi connectivity index (χ0) is 14.5. The van der Waals surface area contributed by atoms with E-state index in [0.717, 1.165) is 18.4 Å². The van der Waals surface area contributed by atoms with Crippen LogP contribution in [0.5, 0.6) is 0 Å². The van der Waals surface area contributed by atoms with Gasteiger partial charge in [0.25, 0.3) is 0 Å². The molecule has 0 aliphatic heterocycles. The van der Waals surface area contributed by atoms with Crippen LogP contribution in [0.25, 0.3) is 0 Å². The number of carbonyl (C=O) groups excluding carboxylic acids is 2. The molecule has 106 valence electrons. The van der Waals surface area contributed by atoms with Crippen molar-refractivity contribution >= 4 is 11.9 Å². The molecule has 0 radical (unpaired) electrons. The van der Waals surface area contributed by atoms with Crippen LogP contribution in [0.1, 0.15) is 31.2 Å². The van der Waals surface area contributed by atoms with Gasteiger partial charge >= 0.3 is 59.1 Å². The Morgan fingerprint density at radius 3 is 1.95 bits per heavy atom. The van der Waals surface area contributed by atoms with Gasteiger partial charge < -0.3 is 19.8 Å². The van der Waals surface area contributed by atoms with Crippen molar-refractivity contribution in [3.63, 3.8) is 0 Å². The van der Waals surface area contributed by atoms with Gasteiger partial charge in [-0.3, -0.25) is 0 Å². The van der Waals surface area contributed by atoms with Crippen LogP contribution < -0.4 is 69.3 Å². The van der Waals surface area contributed by atoms with Crippen LogP contribution in [0, 0.1) is 5.92 Å². The molecule has 1 aromatic rings. The minimum Gasteiger partial charge on any atom is -0.545 e. The van der Waals surface area contributed by atoms with Crippen LogP contribution in [-0.2, 0) is 16.0 Å². The van der Waals surface area contributed by atoms with Gasteiger partial charge in [-0.05, 0) is 41.9 Å². The Morgan fingerprint density at radius 1 is 0.955 bits per heavy atom. The second-order valence-corrected chi connectivity index (χ2v) is 5.11. The molecule has 0 bridgehead atoms. The van der Waals surface area contributed by atoms with Gasteiger partial charge in [0, 0.05) is 0 Å².